The minimum absolute atomic E-state index is 0.0362. The molecule has 1 fully saturated rings. The molecule has 1 amide bonds. The van der Waals surface area contributed by atoms with Crippen molar-refractivity contribution in [2.75, 3.05) is 31.1 Å². The Morgan fingerprint density at radius 3 is 2.04 bits per heavy atom. The van der Waals surface area contributed by atoms with Crippen molar-refractivity contribution in [1.29, 1.82) is 0 Å². The average Bonchev–Trinajstić information content (AvgIpc) is 3.19. The monoisotopic (exact) mass is 332 g/mol. The highest BCUT2D eigenvalue weighted by Crippen LogP contribution is 2.18. The van der Waals surface area contributed by atoms with Crippen LogP contribution in [0.3, 0.4) is 0 Å². The van der Waals surface area contributed by atoms with Gasteiger partial charge in [0.2, 0.25) is 0 Å². The lowest BCUT2D eigenvalue weighted by molar-refractivity contribution is 0.0738. The molecule has 4 rings (SSSR count). The van der Waals surface area contributed by atoms with E-state index in [1.54, 1.807) is 12.5 Å². The summed E-state index contributed by atoms with van der Waals surface area (Å²) >= 11 is 0. The highest BCUT2D eigenvalue weighted by Gasteiger charge is 2.24. The molecule has 0 unspecified atom stereocenters. The van der Waals surface area contributed by atoms with Gasteiger partial charge >= 0.3 is 0 Å². The van der Waals surface area contributed by atoms with Crippen LogP contribution in [0.1, 0.15) is 10.5 Å². The van der Waals surface area contributed by atoms with Gasteiger partial charge in [-0.15, -0.1) is 0 Å². The van der Waals surface area contributed by atoms with Crippen molar-refractivity contribution in [3.05, 3.63) is 78.9 Å². The van der Waals surface area contributed by atoms with Crippen LogP contribution in [0.5, 0.6) is 0 Å². The van der Waals surface area contributed by atoms with Crippen molar-refractivity contribution in [2.45, 2.75) is 0 Å². The summed E-state index contributed by atoms with van der Waals surface area (Å²) in [4.78, 5) is 21.4. The number of aromatic nitrogens is 2. The van der Waals surface area contributed by atoms with Crippen LogP contribution in [0.15, 0.2) is 73.2 Å². The van der Waals surface area contributed by atoms with Gasteiger partial charge in [0, 0.05) is 37.6 Å². The second kappa shape index (κ2) is 6.81. The molecular formula is C20H20N4O. The number of imidazole rings is 1. The Balaban J connectivity index is 1.48. The van der Waals surface area contributed by atoms with Gasteiger partial charge in [0.25, 0.3) is 5.91 Å². The van der Waals surface area contributed by atoms with Crippen molar-refractivity contribution in [3.8, 4) is 5.69 Å². The highest BCUT2D eigenvalue weighted by atomic mass is 16.2. The SMILES string of the molecule is O=C(c1cncn1-c1ccccc1)N1CCN(c2ccccc2)CC1. The number of anilines is 1. The molecule has 2 heterocycles. The Hall–Kier alpha value is -3.08. The van der Waals surface area contributed by atoms with E-state index in [2.05, 4.69) is 22.0 Å². The lowest BCUT2D eigenvalue weighted by Gasteiger charge is -2.36. The fourth-order valence-corrected chi connectivity index (χ4v) is 3.22. The van der Waals surface area contributed by atoms with E-state index < -0.39 is 0 Å². The number of para-hydroxylation sites is 2. The van der Waals surface area contributed by atoms with E-state index in [1.165, 1.54) is 5.69 Å². The molecule has 0 N–H and O–H groups in total. The van der Waals surface area contributed by atoms with Crippen molar-refractivity contribution in [1.82, 2.24) is 14.5 Å². The first-order chi connectivity index (χ1) is 12.3. The van der Waals surface area contributed by atoms with Gasteiger partial charge in [-0.2, -0.15) is 0 Å². The number of rotatable bonds is 3. The maximum Gasteiger partial charge on any atom is 0.272 e. The number of benzene rings is 2. The van der Waals surface area contributed by atoms with Crippen LogP contribution in [-0.2, 0) is 0 Å². The number of carbonyl (C=O) groups excluding carboxylic acids is 1. The van der Waals surface area contributed by atoms with Gasteiger partial charge in [0.05, 0.1) is 12.5 Å². The summed E-state index contributed by atoms with van der Waals surface area (Å²) < 4.78 is 1.85. The highest BCUT2D eigenvalue weighted by molar-refractivity contribution is 5.93. The van der Waals surface area contributed by atoms with E-state index in [0.29, 0.717) is 18.8 Å². The van der Waals surface area contributed by atoms with E-state index in [-0.39, 0.29) is 5.91 Å². The average molecular weight is 332 g/mol. The standard InChI is InChI=1S/C20H20N4O/c25-20(19-15-21-16-24(19)18-9-5-2-6-10-18)23-13-11-22(12-14-23)17-7-3-1-4-8-17/h1-10,15-16H,11-14H2. The molecule has 5 nitrogen and oxygen atoms in total. The molecule has 0 spiro atoms. The third-order valence-corrected chi connectivity index (χ3v) is 4.58. The second-order valence-corrected chi connectivity index (χ2v) is 6.10. The van der Waals surface area contributed by atoms with Crippen LogP contribution in [0.2, 0.25) is 0 Å². The number of amides is 1. The predicted octanol–water partition coefficient (Wildman–Crippen LogP) is 2.83. The molecule has 0 radical (unpaired) electrons. The van der Waals surface area contributed by atoms with Crippen LogP contribution in [0.4, 0.5) is 5.69 Å². The summed E-state index contributed by atoms with van der Waals surface area (Å²) in [6.45, 7) is 3.12. The molecule has 1 aromatic heterocycles. The third kappa shape index (κ3) is 3.13. The maximum atomic E-state index is 12.9. The minimum atomic E-state index is 0.0362. The molecule has 25 heavy (non-hydrogen) atoms. The van der Waals surface area contributed by atoms with Gasteiger partial charge in [0.1, 0.15) is 5.69 Å². The Labute approximate surface area is 147 Å². The van der Waals surface area contributed by atoms with Gasteiger partial charge in [-0.3, -0.25) is 9.36 Å². The van der Waals surface area contributed by atoms with Gasteiger partial charge in [0.15, 0.2) is 0 Å². The molecule has 0 bridgehead atoms. The minimum Gasteiger partial charge on any atom is -0.368 e. The fraction of sp³-hybridized carbons (Fsp3) is 0.200. The number of piperazine rings is 1. The first kappa shape index (κ1) is 15.4. The van der Waals surface area contributed by atoms with E-state index in [4.69, 9.17) is 0 Å². The first-order valence-electron chi connectivity index (χ1n) is 8.50. The van der Waals surface area contributed by atoms with Crippen molar-refractivity contribution in [2.24, 2.45) is 0 Å². The summed E-state index contributed by atoms with van der Waals surface area (Å²) in [5.41, 5.74) is 2.77. The molecule has 0 atom stereocenters. The number of carbonyl (C=O) groups is 1. The number of hydrogen-bond acceptors (Lipinski definition) is 3. The molecule has 2 aromatic carbocycles. The lowest BCUT2D eigenvalue weighted by Crippen LogP contribution is -2.49. The molecule has 0 saturated carbocycles. The Bertz CT molecular complexity index is 836. The van der Waals surface area contributed by atoms with Crippen LogP contribution in [0, 0.1) is 0 Å². The van der Waals surface area contributed by atoms with Crippen LogP contribution < -0.4 is 4.90 Å². The maximum absolute atomic E-state index is 12.9. The van der Waals surface area contributed by atoms with E-state index in [1.807, 2.05) is 58.0 Å². The molecule has 1 saturated heterocycles. The molecule has 1 aliphatic rings. The molecular weight excluding hydrogens is 312 g/mol. The third-order valence-electron chi connectivity index (χ3n) is 4.58. The van der Waals surface area contributed by atoms with Gasteiger partial charge in [-0.25, -0.2) is 4.98 Å². The molecule has 3 aromatic rings. The van der Waals surface area contributed by atoms with E-state index >= 15 is 0 Å². The van der Waals surface area contributed by atoms with Crippen LogP contribution in [-0.4, -0.2) is 46.5 Å². The second-order valence-electron chi connectivity index (χ2n) is 6.10. The van der Waals surface area contributed by atoms with Gasteiger partial charge in [-0.1, -0.05) is 36.4 Å². The largest absolute Gasteiger partial charge is 0.368 e. The number of nitrogens with zero attached hydrogens (tertiary/aromatic N) is 4. The summed E-state index contributed by atoms with van der Waals surface area (Å²) in [7, 11) is 0. The van der Waals surface area contributed by atoms with Gasteiger partial charge < -0.3 is 9.80 Å². The lowest BCUT2D eigenvalue weighted by atomic mass is 10.2. The van der Waals surface area contributed by atoms with Crippen molar-refractivity contribution >= 4 is 11.6 Å². The summed E-state index contributed by atoms with van der Waals surface area (Å²) in [6, 6.07) is 20.2. The smallest absolute Gasteiger partial charge is 0.272 e. The summed E-state index contributed by atoms with van der Waals surface area (Å²) in [5.74, 6) is 0.0362. The Kier molecular flexibility index (Phi) is 4.21. The summed E-state index contributed by atoms with van der Waals surface area (Å²) in [5, 5.41) is 0. The topological polar surface area (TPSA) is 41.4 Å². The zero-order valence-electron chi connectivity index (χ0n) is 14.0. The van der Waals surface area contributed by atoms with Crippen LogP contribution >= 0.6 is 0 Å². The Morgan fingerprint density at radius 2 is 1.40 bits per heavy atom. The first-order valence-corrected chi connectivity index (χ1v) is 8.50. The Morgan fingerprint density at radius 1 is 0.800 bits per heavy atom. The molecule has 126 valence electrons. The zero-order valence-corrected chi connectivity index (χ0v) is 14.0. The van der Waals surface area contributed by atoms with E-state index in [9.17, 15) is 4.79 Å². The predicted molar refractivity (Wildman–Crippen MR) is 98.1 cm³/mol. The normalized spacial score (nSPS) is 14.6. The molecule has 5 heteroatoms. The quantitative estimate of drug-likeness (QED) is 0.741. The van der Waals surface area contributed by atoms with E-state index in [0.717, 1.165) is 18.8 Å². The zero-order chi connectivity index (χ0) is 17.1. The molecule has 1 aliphatic heterocycles. The van der Waals surface area contributed by atoms with Gasteiger partial charge in [-0.05, 0) is 24.3 Å². The van der Waals surface area contributed by atoms with Crippen molar-refractivity contribution in [3.63, 3.8) is 0 Å². The number of hydrogen-bond donors (Lipinski definition) is 0. The fourth-order valence-electron chi connectivity index (χ4n) is 3.22. The molecule has 0 aliphatic carbocycles. The van der Waals surface area contributed by atoms with Crippen LogP contribution in [0.25, 0.3) is 5.69 Å². The van der Waals surface area contributed by atoms with Crippen molar-refractivity contribution < 1.29 is 4.79 Å². The summed E-state index contributed by atoms with van der Waals surface area (Å²) in [6.07, 6.45) is 3.35.